The highest BCUT2D eigenvalue weighted by molar-refractivity contribution is 6.06. The van der Waals surface area contributed by atoms with E-state index in [1.807, 2.05) is 0 Å². The zero-order chi connectivity index (χ0) is 16.4. The fourth-order valence-electron chi connectivity index (χ4n) is 2.20. The molecule has 0 aliphatic carbocycles. The number of carboxylic acid groups (broad SMARTS) is 2. The number of fused-ring (bicyclic) bond motifs is 1. The lowest BCUT2D eigenvalue weighted by Crippen LogP contribution is -2.23. The monoisotopic (exact) mass is 307 g/mol. The molecule has 0 radical (unpaired) electrons. The molecule has 0 saturated carbocycles. The van der Waals surface area contributed by atoms with E-state index in [1.165, 1.54) is 36.7 Å². The van der Waals surface area contributed by atoms with Gasteiger partial charge in [-0.15, -0.1) is 0 Å². The molecule has 0 aliphatic rings. The number of rotatable bonds is 4. The van der Waals surface area contributed by atoms with Gasteiger partial charge in [0.05, 0.1) is 22.8 Å². The van der Waals surface area contributed by atoms with Gasteiger partial charge in [0.25, 0.3) is 0 Å². The molecule has 7 heteroatoms. The molecule has 2 aromatic carbocycles. The summed E-state index contributed by atoms with van der Waals surface area (Å²) in [5.74, 6) is -2.32. The third-order valence-electron chi connectivity index (χ3n) is 3.27. The number of nitrogens with one attached hydrogen (secondary N) is 1. The number of benzene rings is 2. The Morgan fingerprint density at radius 2 is 1.65 bits per heavy atom. The number of aromatic carboxylic acids is 2. The summed E-state index contributed by atoms with van der Waals surface area (Å²) in [6.45, 7) is 0. The van der Waals surface area contributed by atoms with Crippen LogP contribution in [-0.4, -0.2) is 21.9 Å². The minimum absolute atomic E-state index is 0.0306. The summed E-state index contributed by atoms with van der Waals surface area (Å²) in [5.41, 5.74) is 1.01. The molecule has 0 unspecified atom stereocenters. The van der Waals surface area contributed by atoms with E-state index in [-0.39, 0.29) is 16.9 Å². The van der Waals surface area contributed by atoms with Gasteiger partial charge in [-0.1, -0.05) is 24.3 Å². The van der Waals surface area contributed by atoms with Crippen molar-refractivity contribution in [3.63, 3.8) is 0 Å². The first kappa shape index (κ1) is 14.5. The second-order valence-electron chi connectivity index (χ2n) is 4.70. The zero-order valence-corrected chi connectivity index (χ0v) is 11.6. The molecule has 0 spiro atoms. The Labute approximate surface area is 130 Å². The third kappa shape index (κ3) is 2.80. The van der Waals surface area contributed by atoms with Gasteiger partial charge in [0.1, 0.15) is 12.1 Å². The van der Waals surface area contributed by atoms with Crippen LogP contribution in [0.3, 0.4) is 0 Å². The standard InChI is InChI=1S/C16H11N3O4/c20-15(21)9-4-6-10(7-5-9)19-14-13-11(16(22)23)2-1-3-12(13)17-8-18-14/h1-8H,(H,20,21)(H,22,23)(H,17,18,19)/p-2. The summed E-state index contributed by atoms with van der Waals surface area (Å²) >= 11 is 0. The number of carbonyl (C=O) groups is 2. The van der Waals surface area contributed by atoms with E-state index < -0.39 is 11.9 Å². The minimum atomic E-state index is -1.33. The normalized spacial score (nSPS) is 10.4. The SMILES string of the molecule is O=C([O-])c1ccc(Nc2ncnc3cccc(C(=O)[O-])c23)cc1. The Bertz CT molecular complexity index is 902. The lowest BCUT2D eigenvalue weighted by molar-refractivity contribution is -0.256. The Balaban J connectivity index is 2.06. The lowest BCUT2D eigenvalue weighted by atomic mass is 10.1. The minimum Gasteiger partial charge on any atom is -0.545 e. The summed E-state index contributed by atoms with van der Waals surface area (Å²) in [6, 6.07) is 10.4. The number of nitrogens with zero attached hydrogens (tertiary/aromatic N) is 2. The van der Waals surface area contributed by atoms with Gasteiger partial charge in [-0.25, -0.2) is 9.97 Å². The molecule has 0 aliphatic heterocycles. The van der Waals surface area contributed by atoms with Crippen LogP contribution >= 0.6 is 0 Å². The molecule has 3 rings (SSSR count). The van der Waals surface area contributed by atoms with Crippen molar-refractivity contribution in [1.82, 2.24) is 9.97 Å². The second-order valence-corrected chi connectivity index (χ2v) is 4.70. The predicted octanol–water partition coefficient (Wildman–Crippen LogP) is 0.100. The summed E-state index contributed by atoms with van der Waals surface area (Å²) in [5, 5.41) is 25.3. The van der Waals surface area contributed by atoms with Crippen LogP contribution in [0.2, 0.25) is 0 Å². The Morgan fingerprint density at radius 1 is 0.913 bits per heavy atom. The van der Waals surface area contributed by atoms with Crippen LogP contribution < -0.4 is 15.5 Å². The number of aromatic nitrogens is 2. The van der Waals surface area contributed by atoms with Crippen molar-refractivity contribution in [2.24, 2.45) is 0 Å². The van der Waals surface area contributed by atoms with Crippen molar-refractivity contribution >= 4 is 34.3 Å². The van der Waals surface area contributed by atoms with Crippen molar-refractivity contribution < 1.29 is 19.8 Å². The Morgan fingerprint density at radius 3 is 2.30 bits per heavy atom. The van der Waals surface area contributed by atoms with Crippen LogP contribution in [0, 0.1) is 0 Å². The van der Waals surface area contributed by atoms with E-state index in [4.69, 9.17) is 0 Å². The van der Waals surface area contributed by atoms with E-state index in [0.29, 0.717) is 16.6 Å². The Hall–Kier alpha value is -3.48. The van der Waals surface area contributed by atoms with Crippen LogP contribution in [0.25, 0.3) is 10.9 Å². The second kappa shape index (κ2) is 5.72. The number of hydrogen-bond acceptors (Lipinski definition) is 7. The number of anilines is 2. The van der Waals surface area contributed by atoms with Gasteiger partial charge in [-0.2, -0.15) is 0 Å². The fraction of sp³-hybridized carbons (Fsp3) is 0. The van der Waals surface area contributed by atoms with Crippen molar-refractivity contribution in [3.8, 4) is 0 Å². The molecule has 0 amide bonds. The quantitative estimate of drug-likeness (QED) is 0.726. The number of hydrogen-bond donors (Lipinski definition) is 1. The van der Waals surface area contributed by atoms with Gasteiger partial charge in [0.15, 0.2) is 0 Å². The van der Waals surface area contributed by atoms with E-state index in [0.717, 1.165) is 0 Å². The molecule has 1 aromatic heterocycles. The number of carbonyl (C=O) groups excluding carboxylic acids is 2. The smallest absolute Gasteiger partial charge is 0.142 e. The van der Waals surface area contributed by atoms with Gasteiger partial charge in [-0.05, 0) is 23.8 Å². The van der Waals surface area contributed by atoms with E-state index in [1.54, 1.807) is 12.1 Å². The first-order chi connectivity index (χ1) is 11.1. The highest BCUT2D eigenvalue weighted by Gasteiger charge is 2.10. The average Bonchev–Trinajstić information content (AvgIpc) is 2.55. The molecule has 3 aromatic rings. The largest absolute Gasteiger partial charge is 0.545 e. The van der Waals surface area contributed by atoms with E-state index in [2.05, 4.69) is 15.3 Å². The third-order valence-corrected chi connectivity index (χ3v) is 3.27. The van der Waals surface area contributed by atoms with Crippen LogP contribution in [0.5, 0.6) is 0 Å². The van der Waals surface area contributed by atoms with Crippen LogP contribution in [0.1, 0.15) is 20.7 Å². The van der Waals surface area contributed by atoms with Crippen LogP contribution in [-0.2, 0) is 0 Å². The fourth-order valence-corrected chi connectivity index (χ4v) is 2.20. The predicted molar refractivity (Wildman–Crippen MR) is 77.9 cm³/mol. The molecule has 23 heavy (non-hydrogen) atoms. The highest BCUT2D eigenvalue weighted by atomic mass is 16.4. The van der Waals surface area contributed by atoms with Gasteiger partial charge in [0.2, 0.25) is 0 Å². The molecule has 1 heterocycles. The first-order valence-electron chi connectivity index (χ1n) is 6.60. The van der Waals surface area contributed by atoms with Crippen molar-refractivity contribution in [2.75, 3.05) is 5.32 Å². The van der Waals surface area contributed by atoms with Crippen molar-refractivity contribution in [2.45, 2.75) is 0 Å². The van der Waals surface area contributed by atoms with Crippen molar-refractivity contribution in [1.29, 1.82) is 0 Å². The maximum atomic E-state index is 11.3. The van der Waals surface area contributed by atoms with E-state index >= 15 is 0 Å². The van der Waals surface area contributed by atoms with Crippen LogP contribution in [0.15, 0.2) is 48.8 Å². The zero-order valence-electron chi connectivity index (χ0n) is 11.6. The summed E-state index contributed by atoms with van der Waals surface area (Å²) < 4.78 is 0. The summed E-state index contributed by atoms with van der Waals surface area (Å²) in [4.78, 5) is 30.1. The van der Waals surface area contributed by atoms with Crippen molar-refractivity contribution in [3.05, 3.63) is 59.9 Å². The molecule has 1 N–H and O–H groups in total. The lowest BCUT2D eigenvalue weighted by Gasteiger charge is -2.13. The molecule has 114 valence electrons. The maximum Gasteiger partial charge on any atom is 0.142 e. The van der Waals surface area contributed by atoms with Gasteiger partial charge < -0.3 is 25.1 Å². The van der Waals surface area contributed by atoms with Gasteiger partial charge >= 0.3 is 0 Å². The maximum absolute atomic E-state index is 11.3. The van der Waals surface area contributed by atoms with Gasteiger partial charge in [-0.3, -0.25) is 0 Å². The summed E-state index contributed by atoms with van der Waals surface area (Å²) in [6.07, 6.45) is 1.30. The highest BCUT2D eigenvalue weighted by Crippen LogP contribution is 2.26. The molecule has 0 saturated heterocycles. The average molecular weight is 307 g/mol. The topological polar surface area (TPSA) is 118 Å². The van der Waals surface area contributed by atoms with E-state index in [9.17, 15) is 19.8 Å². The first-order valence-corrected chi connectivity index (χ1v) is 6.60. The molecular formula is C16H9N3O4-2. The molecule has 0 bridgehead atoms. The molecule has 0 atom stereocenters. The van der Waals surface area contributed by atoms with Crippen LogP contribution in [0.4, 0.5) is 11.5 Å². The summed E-state index contributed by atoms with van der Waals surface area (Å²) in [7, 11) is 0. The molecule has 0 fully saturated rings. The van der Waals surface area contributed by atoms with Gasteiger partial charge in [0, 0.05) is 11.3 Å². The molecular weight excluding hydrogens is 298 g/mol. The Kier molecular flexibility index (Phi) is 3.60. The number of carboxylic acids is 2. The molecule has 7 nitrogen and oxygen atoms in total.